The van der Waals surface area contributed by atoms with Gasteiger partial charge in [0.2, 0.25) is 0 Å². The lowest BCUT2D eigenvalue weighted by Crippen LogP contribution is -2.42. The van der Waals surface area contributed by atoms with Crippen molar-refractivity contribution >= 4 is 0 Å². The van der Waals surface area contributed by atoms with E-state index in [1.54, 1.807) is 0 Å². The van der Waals surface area contributed by atoms with E-state index < -0.39 is 0 Å². The Morgan fingerprint density at radius 3 is 2.00 bits per heavy atom. The Morgan fingerprint density at radius 2 is 1.62 bits per heavy atom. The highest BCUT2D eigenvalue weighted by molar-refractivity contribution is 4.72. The van der Waals surface area contributed by atoms with Crippen LogP contribution < -0.4 is 5.32 Å². The van der Waals surface area contributed by atoms with Crippen molar-refractivity contribution in [2.45, 2.75) is 46.2 Å². The van der Waals surface area contributed by atoms with Crippen molar-refractivity contribution in [1.29, 1.82) is 0 Å². The van der Waals surface area contributed by atoms with Gasteiger partial charge in [0.1, 0.15) is 0 Å². The fourth-order valence-corrected chi connectivity index (χ4v) is 1.72. The molecule has 0 saturated heterocycles. The van der Waals surface area contributed by atoms with Crippen LogP contribution in [0.3, 0.4) is 0 Å². The van der Waals surface area contributed by atoms with E-state index in [1.807, 2.05) is 7.05 Å². The summed E-state index contributed by atoms with van der Waals surface area (Å²) in [5, 5.41) is 3.21. The molecule has 0 aromatic rings. The molecule has 2 unspecified atom stereocenters. The fourth-order valence-electron chi connectivity index (χ4n) is 1.72. The number of nitrogens with zero attached hydrogens (tertiary/aromatic N) is 1. The van der Waals surface area contributed by atoms with Gasteiger partial charge in [-0.3, -0.25) is 4.90 Å². The molecule has 1 N–H and O–H groups in total. The van der Waals surface area contributed by atoms with Crippen LogP contribution in [-0.2, 0) is 0 Å². The monoisotopic (exact) mass is 186 g/mol. The number of likely N-dealkylation sites (N-methyl/N-ethyl adjacent to an activating group) is 2. The number of hydrogen-bond donors (Lipinski definition) is 1. The first-order valence-electron chi connectivity index (χ1n) is 5.35. The van der Waals surface area contributed by atoms with Gasteiger partial charge in [0.15, 0.2) is 0 Å². The zero-order valence-corrected chi connectivity index (χ0v) is 10.1. The smallest absolute Gasteiger partial charge is 0.0192 e. The highest BCUT2D eigenvalue weighted by Crippen LogP contribution is 2.11. The van der Waals surface area contributed by atoms with Crippen LogP contribution in [0.25, 0.3) is 0 Å². The lowest BCUT2D eigenvalue weighted by Gasteiger charge is -2.31. The number of rotatable bonds is 6. The quantitative estimate of drug-likeness (QED) is 0.682. The predicted octanol–water partition coefficient (Wildman–Crippen LogP) is 1.96. The van der Waals surface area contributed by atoms with E-state index in [0.29, 0.717) is 12.1 Å². The molecule has 0 amide bonds. The van der Waals surface area contributed by atoms with E-state index in [0.717, 1.165) is 12.5 Å². The average Bonchev–Trinajstić information content (AvgIpc) is 2.02. The van der Waals surface area contributed by atoms with Crippen molar-refractivity contribution < 1.29 is 0 Å². The summed E-state index contributed by atoms with van der Waals surface area (Å²) in [5.41, 5.74) is 0. The standard InChI is InChI=1S/C11H26N2/c1-9(2)7-10(3)13(6)11(4)8-12-5/h9-12H,7-8H2,1-6H3. The van der Waals surface area contributed by atoms with Crippen LogP contribution in [0.15, 0.2) is 0 Å². The molecule has 80 valence electrons. The topological polar surface area (TPSA) is 15.3 Å². The molecular formula is C11H26N2. The number of hydrogen-bond acceptors (Lipinski definition) is 2. The van der Waals surface area contributed by atoms with Crippen molar-refractivity contribution in [3.05, 3.63) is 0 Å². The van der Waals surface area contributed by atoms with Crippen LogP contribution in [0.5, 0.6) is 0 Å². The van der Waals surface area contributed by atoms with Gasteiger partial charge in [0.25, 0.3) is 0 Å². The third kappa shape index (κ3) is 5.27. The Balaban J connectivity index is 3.85. The van der Waals surface area contributed by atoms with Crippen molar-refractivity contribution in [3.63, 3.8) is 0 Å². The summed E-state index contributed by atoms with van der Waals surface area (Å²) in [5.74, 6) is 0.791. The minimum atomic E-state index is 0.624. The zero-order chi connectivity index (χ0) is 10.4. The summed E-state index contributed by atoms with van der Waals surface area (Å²) < 4.78 is 0. The lowest BCUT2D eigenvalue weighted by atomic mass is 10.0. The van der Waals surface area contributed by atoms with Gasteiger partial charge in [-0.05, 0) is 40.3 Å². The van der Waals surface area contributed by atoms with Crippen LogP contribution in [0.1, 0.15) is 34.1 Å². The Kier molecular flexibility index (Phi) is 6.35. The van der Waals surface area contributed by atoms with E-state index in [9.17, 15) is 0 Å². The van der Waals surface area contributed by atoms with Crippen LogP contribution in [0, 0.1) is 5.92 Å². The van der Waals surface area contributed by atoms with Crippen molar-refractivity contribution in [1.82, 2.24) is 10.2 Å². The van der Waals surface area contributed by atoms with E-state index in [1.165, 1.54) is 6.42 Å². The van der Waals surface area contributed by atoms with E-state index in [4.69, 9.17) is 0 Å². The van der Waals surface area contributed by atoms with Gasteiger partial charge in [0.05, 0.1) is 0 Å². The summed E-state index contributed by atoms with van der Waals surface area (Å²) >= 11 is 0. The van der Waals surface area contributed by atoms with Gasteiger partial charge in [-0.2, -0.15) is 0 Å². The second kappa shape index (κ2) is 6.39. The molecule has 0 radical (unpaired) electrons. The highest BCUT2D eigenvalue weighted by Gasteiger charge is 2.15. The van der Waals surface area contributed by atoms with Crippen LogP contribution in [0.2, 0.25) is 0 Å². The van der Waals surface area contributed by atoms with Gasteiger partial charge >= 0.3 is 0 Å². The molecule has 2 nitrogen and oxygen atoms in total. The Labute approximate surface area is 83.7 Å². The first-order valence-corrected chi connectivity index (χ1v) is 5.35. The molecular weight excluding hydrogens is 160 g/mol. The van der Waals surface area contributed by atoms with Gasteiger partial charge in [-0.25, -0.2) is 0 Å². The van der Waals surface area contributed by atoms with Gasteiger partial charge in [-0.15, -0.1) is 0 Å². The lowest BCUT2D eigenvalue weighted by molar-refractivity contribution is 0.174. The van der Waals surface area contributed by atoms with Gasteiger partial charge in [-0.1, -0.05) is 13.8 Å². The predicted molar refractivity (Wildman–Crippen MR) is 60.1 cm³/mol. The third-order valence-corrected chi connectivity index (χ3v) is 2.70. The fraction of sp³-hybridized carbons (Fsp3) is 1.00. The average molecular weight is 186 g/mol. The molecule has 0 saturated carbocycles. The molecule has 0 spiro atoms. The van der Waals surface area contributed by atoms with Crippen molar-refractivity contribution in [3.8, 4) is 0 Å². The molecule has 13 heavy (non-hydrogen) atoms. The van der Waals surface area contributed by atoms with E-state index in [-0.39, 0.29) is 0 Å². The second-order valence-electron chi connectivity index (χ2n) is 4.55. The molecule has 0 aromatic heterocycles. The number of nitrogens with one attached hydrogen (secondary N) is 1. The summed E-state index contributed by atoms with van der Waals surface area (Å²) in [4.78, 5) is 2.45. The van der Waals surface area contributed by atoms with E-state index in [2.05, 4.69) is 45.0 Å². The van der Waals surface area contributed by atoms with Crippen molar-refractivity contribution in [2.24, 2.45) is 5.92 Å². The third-order valence-electron chi connectivity index (χ3n) is 2.70. The molecule has 0 aromatic carbocycles. The van der Waals surface area contributed by atoms with Crippen LogP contribution in [-0.4, -0.2) is 37.6 Å². The SMILES string of the molecule is CNCC(C)N(C)C(C)CC(C)C. The normalized spacial score (nSPS) is 16.6. The van der Waals surface area contributed by atoms with Crippen LogP contribution >= 0.6 is 0 Å². The largest absolute Gasteiger partial charge is 0.318 e. The summed E-state index contributed by atoms with van der Waals surface area (Å²) in [6.07, 6.45) is 1.28. The first kappa shape index (κ1) is 12.9. The summed E-state index contributed by atoms with van der Waals surface area (Å²) in [7, 11) is 4.23. The maximum atomic E-state index is 3.21. The first-order chi connectivity index (χ1) is 5.99. The van der Waals surface area contributed by atoms with Gasteiger partial charge < -0.3 is 5.32 Å². The highest BCUT2D eigenvalue weighted by atomic mass is 15.2. The molecule has 0 heterocycles. The van der Waals surface area contributed by atoms with Gasteiger partial charge in [0, 0.05) is 18.6 Å². The van der Waals surface area contributed by atoms with Crippen molar-refractivity contribution in [2.75, 3.05) is 20.6 Å². The minimum Gasteiger partial charge on any atom is -0.318 e. The molecule has 0 aliphatic rings. The summed E-state index contributed by atoms with van der Waals surface area (Å²) in [6, 6.07) is 1.31. The molecule has 2 heteroatoms. The minimum absolute atomic E-state index is 0.624. The molecule has 0 aliphatic heterocycles. The Morgan fingerprint density at radius 1 is 1.08 bits per heavy atom. The maximum absolute atomic E-state index is 3.21. The molecule has 0 fully saturated rings. The molecule has 0 rings (SSSR count). The molecule has 2 atom stereocenters. The Hall–Kier alpha value is -0.0800. The Bertz CT molecular complexity index is 123. The zero-order valence-electron chi connectivity index (χ0n) is 10.1. The molecule has 0 aliphatic carbocycles. The second-order valence-corrected chi connectivity index (χ2v) is 4.55. The van der Waals surface area contributed by atoms with Crippen LogP contribution in [0.4, 0.5) is 0 Å². The summed E-state index contributed by atoms with van der Waals surface area (Å²) in [6.45, 7) is 10.2. The molecule has 0 bridgehead atoms. The maximum Gasteiger partial charge on any atom is 0.0192 e. The van der Waals surface area contributed by atoms with E-state index >= 15 is 0 Å².